The van der Waals surface area contributed by atoms with E-state index in [0.29, 0.717) is 17.1 Å². The summed E-state index contributed by atoms with van der Waals surface area (Å²) in [5.74, 6) is -0.443. The highest BCUT2D eigenvalue weighted by molar-refractivity contribution is 6.30. The summed E-state index contributed by atoms with van der Waals surface area (Å²) in [5, 5.41) is 0.556. The van der Waals surface area contributed by atoms with Crippen molar-refractivity contribution in [1.29, 1.82) is 0 Å². The van der Waals surface area contributed by atoms with Crippen molar-refractivity contribution in [1.82, 2.24) is 4.98 Å². The van der Waals surface area contributed by atoms with E-state index in [1.807, 2.05) is 0 Å². The fourth-order valence-corrected chi connectivity index (χ4v) is 1.10. The maximum Gasteiger partial charge on any atom is 0.323 e. The number of pyridine rings is 1. The Labute approximate surface area is 111 Å². The number of hydrogen-bond donors (Lipinski definition) is 1. The molecule has 1 rings (SSSR count). The minimum atomic E-state index is -0.673. The van der Waals surface area contributed by atoms with E-state index in [9.17, 15) is 4.79 Å². The number of halogens is 3. The number of carbonyl (C=O) groups is 1. The molecular formula is C9H13Cl3N2O2. The molecule has 0 bridgehead atoms. The molecule has 4 nitrogen and oxygen atoms in total. The molecule has 0 amide bonds. The number of ether oxygens (including phenoxy) is 1. The number of aromatic nitrogens is 1. The van der Waals surface area contributed by atoms with Gasteiger partial charge in [0.05, 0.1) is 12.1 Å². The van der Waals surface area contributed by atoms with Crippen molar-refractivity contribution in [2.75, 3.05) is 7.11 Å². The van der Waals surface area contributed by atoms with Crippen LogP contribution in [0.4, 0.5) is 0 Å². The van der Waals surface area contributed by atoms with Gasteiger partial charge >= 0.3 is 5.97 Å². The standard InChI is InChI=1S/C9H11ClN2O2.2ClH/c1-14-9(13)8(11)4-7-3-2-6(10)5-12-7;;/h2-3,5,8H,4,11H2,1H3;2*1H/t8-;;/m0../s1. The predicted octanol–water partition coefficient (Wildman–Crippen LogP) is 1.62. The van der Waals surface area contributed by atoms with Crippen LogP contribution in [0.5, 0.6) is 0 Å². The molecule has 0 radical (unpaired) electrons. The van der Waals surface area contributed by atoms with Gasteiger partial charge in [-0.1, -0.05) is 11.6 Å². The molecule has 0 spiro atoms. The van der Waals surface area contributed by atoms with E-state index < -0.39 is 12.0 Å². The highest BCUT2D eigenvalue weighted by Crippen LogP contribution is 2.07. The van der Waals surface area contributed by atoms with E-state index in [4.69, 9.17) is 17.3 Å². The summed E-state index contributed by atoms with van der Waals surface area (Å²) < 4.78 is 4.49. The second-order valence-corrected chi connectivity index (χ2v) is 3.24. The quantitative estimate of drug-likeness (QED) is 0.858. The van der Waals surface area contributed by atoms with Gasteiger partial charge in [0, 0.05) is 18.3 Å². The van der Waals surface area contributed by atoms with Gasteiger partial charge in [-0.05, 0) is 12.1 Å². The van der Waals surface area contributed by atoms with Crippen LogP contribution in [0.2, 0.25) is 5.02 Å². The highest BCUT2D eigenvalue weighted by Gasteiger charge is 2.14. The summed E-state index contributed by atoms with van der Waals surface area (Å²) in [7, 11) is 1.30. The lowest BCUT2D eigenvalue weighted by Gasteiger charge is -2.07. The topological polar surface area (TPSA) is 65.2 Å². The minimum absolute atomic E-state index is 0. The summed E-state index contributed by atoms with van der Waals surface area (Å²) in [6.07, 6.45) is 1.87. The first-order valence-electron chi connectivity index (χ1n) is 4.07. The van der Waals surface area contributed by atoms with E-state index in [0.717, 1.165) is 0 Å². The van der Waals surface area contributed by atoms with E-state index in [-0.39, 0.29) is 24.8 Å². The van der Waals surface area contributed by atoms with Crippen LogP contribution in [-0.2, 0) is 16.0 Å². The maximum atomic E-state index is 11.0. The third-order valence-corrected chi connectivity index (χ3v) is 1.95. The lowest BCUT2D eigenvalue weighted by molar-refractivity contribution is -0.142. The van der Waals surface area contributed by atoms with Gasteiger partial charge in [0.2, 0.25) is 0 Å². The van der Waals surface area contributed by atoms with Gasteiger partial charge in [-0.2, -0.15) is 0 Å². The largest absolute Gasteiger partial charge is 0.468 e. The van der Waals surface area contributed by atoms with E-state index in [1.54, 1.807) is 12.1 Å². The summed E-state index contributed by atoms with van der Waals surface area (Å²) in [5.41, 5.74) is 6.27. The zero-order valence-corrected chi connectivity index (χ0v) is 10.9. The Bertz CT molecular complexity index is 319. The fraction of sp³-hybridized carbons (Fsp3) is 0.333. The molecule has 0 aliphatic rings. The van der Waals surface area contributed by atoms with Gasteiger partial charge in [-0.15, -0.1) is 24.8 Å². The fourth-order valence-electron chi connectivity index (χ4n) is 0.987. The van der Waals surface area contributed by atoms with Crippen molar-refractivity contribution in [3.63, 3.8) is 0 Å². The number of nitrogens with zero attached hydrogens (tertiary/aromatic N) is 1. The average molecular weight is 288 g/mol. The highest BCUT2D eigenvalue weighted by atomic mass is 35.5. The molecule has 0 unspecified atom stereocenters. The van der Waals surface area contributed by atoms with Crippen LogP contribution in [0.3, 0.4) is 0 Å². The Hall–Kier alpha value is -0.550. The molecule has 1 heterocycles. The SMILES string of the molecule is COC(=O)[C@@H](N)Cc1ccc(Cl)cn1.Cl.Cl. The van der Waals surface area contributed by atoms with Crippen LogP contribution in [0, 0.1) is 0 Å². The van der Waals surface area contributed by atoms with Crippen LogP contribution in [-0.4, -0.2) is 24.1 Å². The zero-order chi connectivity index (χ0) is 10.6. The van der Waals surface area contributed by atoms with Crippen LogP contribution in [0.25, 0.3) is 0 Å². The van der Waals surface area contributed by atoms with Crippen molar-refractivity contribution < 1.29 is 9.53 Å². The van der Waals surface area contributed by atoms with Gasteiger partial charge in [-0.25, -0.2) is 0 Å². The zero-order valence-electron chi connectivity index (χ0n) is 8.55. The average Bonchev–Trinajstić information content (AvgIpc) is 2.20. The van der Waals surface area contributed by atoms with E-state index >= 15 is 0 Å². The number of methoxy groups -OCH3 is 1. The predicted molar refractivity (Wildman–Crippen MR) is 67.4 cm³/mol. The summed E-state index contributed by atoms with van der Waals surface area (Å²) >= 11 is 5.65. The number of nitrogens with two attached hydrogens (primary N) is 1. The normalized spacial score (nSPS) is 10.7. The van der Waals surface area contributed by atoms with Crippen LogP contribution in [0.1, 0.15) is 5.69 Å². The first kappa shape index (κ1) is 17.8. The molecule has 0 saturated carbocycles. The molecule has 0 fully saturated rings. The van der Waals surface area contributed by atoms with E-state index in [1.165, 1.54) is 13.3 Å². The van der Waals surface area contributed by atoms with Crippen molar-refractivity contribution in [2.45, 2.75) is 12.5 Å². The first-order chi connectivity index (χ1) is 6.63. The summed E-state index contributed by atoms with van der Waals surface area (Å²) in [6, 6.07) is 2.76. The maximum absolute atomic E-state index is 11.0. The van der Waals surface area contributed by atoms with E-state index in [2.05, 4.69) is 9.72 Å². The van der Waals surface area contributed by atoms with Crippen molar-refractivity contribution in [2.24, 2.45) is 5.73 Å². The van der Waals surface area contributed by atoms with Gasteiger partial charge in [-0.3, -0.25) is 9.78 Å². The molecule has 92 valence electrons. The minimum Gasteiger partial charge on any atom is -0.468 e. The second kappa shape index (κ2) is 8.58. The molecule has 0 saturated heterocycles. The Morgan fingerprint density at radius 2 is 2.19 bits per heavy atom. The molecule has 7 heteroatoms. The Balaban J connectivity index is 0. The molecule has 1 atom stereocenters. The van der Waals surface area contributed by atoms with Crippen molar-refractivity contribution in [3.8, 4) is 0 Å². The molecular weight excluding hydrogens is 274 g/mol. The number of hydrogen-bond acceptors (Lipinski definition) is 4. The van der Waals surface area contributed by atoms with Crippen molar-refractivity contribution in [3.05, 3.63) is 29.0 Å². The Kier molecular flexibility index (Phi) is 9.57. The number of carbonyl (C=O) groups excluding carboxylic acids is 1. The van der Waals surface area contributed by atoms with Crippen LogP contribution >= 0.6 is 36.4 Å². The molecule has 16 heavy (non-hydrogen) atoms. The molecule has 1 aromatic rings. The lowest BCUT2D eigenvalue weighted by Crippen LogP contribution is -2.33. The number of rotatable bonds is 3. The first-order valence-corrected chi connectivity index (χ1v) is 4.45. The van der Waals surface area contributed by atoms with Crippen LogP contribution < -0.4 is 5.73 Å². The molecule has 0 aliphatic heterocycles. The van der Waals surface area contributed by atoms with Gasteiger partial charge < -0.3 is 10.5 Å². The van der Waals surface area contributed by atoms with Gasteiger partial charge in [0.25, 0.3) is 0 Å². The Morgan fingerprint density at radius 3 is 2.62 bits per heavy atom. The number of esters is 1. The van der Waals surface area contributed by atoms with Gasteiger partial charge in [0.15, 0.2) is 0 Å². The molecule has 0 aromatic carbocycles. The summed E-state index contributed by atoms with van der Waals surface area (Å²) in [4.78, 5) is 15.0. The van der Waals surface area contributed by atoms with Crippen LogP contribution in [0.15, 0.2) is 18.3 Å². The second-order valence-electron chi connectivity index (χ2n) is 2.80. The third kappa shape index (κ3) is 5.51. The molecule has 0 aliphatic carbocycles. The smallest absolute Gasteiger partial charge is 0.323 e. The van der Waals surface area contributed by atoms with Gasteiger partial charge in [0.1, 0.15) is 6.04 Å². The Morgan fingerprint density at radius 1 is 1.56 bits per heavy atom. The van der Waals surface area contributed by atoms with Crippen molar-refractivity contribution >= 4 is 42.4 Å². The molecule has 2 N–H and O–H groups in total. The lowest BCUT2D eigenvalue weighted by atomic mass is 10.1. The monoisotopic (exact) mass is 286 g/mol. The summed E-state index contributed by atoms with van der Waals surface area (Å²) in [6.45, 7) is 0. The molecule has 1 aromatic heterocycles. The third-order valence-electron chi connectivity index (χ3n) is 1.72.